The summed E-state index contributed by atoms with van der Waals surface area (Å²) in [4.78, 5) is 19.7. The molecular formula is C5H8N2O2. The van der Waals surface area contributed by atoms with E-state index in [4.69, 9.17) is 5.73 Å². The van der Waals surface area contributed by atoms with Crippen LogP contribution in [-0.2, 0) is 9.59 Å². The molecular weight excluding hydrogens is 120 g/mol. The highest BCUT2D eigenvalue weighted by molar-refractivity contribution is 5.77. The molecule has 0 spiro atoms. The van der Waals surface area contributed by atoms with E-state index in [1.807, 2.05) is 0 Å². The summed E-state index contributed by atoms with van der Waals surface area (Å²) in [6.07, 6.45) is 0.893. The molecule has 0 aromatic rings. The van der Waals surface area contributed by atoms with E-state index in [-0.39, 0.29) is 5.70 Å². The highest BCUT2D eigenvalue weighted by Crippen LogP contribution is 1.85. The Morgan fingerprint density at radius 1 is 1.56 bits per heavy atom. The SMILES string of the molecule is C/C(N)=C(\C=O)NC=O. The van der Waals surface area contributed by atoms with Crippen molar-refractivity contribution in [1.29, 1.82) is 0 Å². The van der Waals surface area contributed by atoms with Crippen molar-refractivity contribution in [2.24, 2.45) is 5.73 Å². The second-order valence-corrected chi connectivity index (χ2v) is 1.48. The first-order valence-electron chi connectivity index (χ1n) is 2.34. The molecule has 0 aliphatic carbocycles. The summed E-state index contributed by atoms with van der Waals surface area (Å²) in [6.45, 7) is 1.53. The zero-order valence-corrected chi connectivity index (χ0v) is 5.05. The Labute approximate surface area is 52.7 Å². The Bertz CT molecular complexity index is 147. The lowest BCUT2D eigenvalue weighted by Crippen LogP contribution is -2.16. The van der Waals surface area contributed by atoms with E-state index in [9.17, 15) is 9.59 Å². The summed E-state index contributed by atoms with van der Waals surface area (Å²) in [5.74, 6) is 0. The second kappa shape index (κ2) is 3.65. The molecule has 0 aromatic heterocycles. The molecule has 0 saturated heterocycles. The number of allylic oxidation sites excluding steroid dienone is 2. The molecule has 4 nitrogen and oxygen atoms in total. The van der Waals surface area contributed by atoms with Gasteiger partial charge in [-0.2, -0.15) is 0 Å². The van der Waals surface area contributed by atoms with E-state index in [1.165, 1.54) is 6.92 Å². The van der Waals surface area contributed by atoms with E-state index in [0.717, 1.165) is 0 Å². The molecule has 1 amide bonds. The van der Waals surface area contributed by atoms with E-state index in [2.05, 4.69) is 5.32 Å². The van der Waals surface area contributed by atoms with Gasteiger partial charge in [0, 0.05) is 5.70 Å². The predicted octanol–water partition coefficient (Wildman–Crippen LogP) is -0.878. The standard InChI is InChI=1S/C5H8N2O2/c1-4(6)5(2-8)7-3-9/h2-3H,6H2,1H3,(H,7,9)/b5-4-. The largest absolute Gasteiger partial charge is 0.400 e. The Kier molecular flexibility index (Phi) is 3.12. The average Bonchev–Trinajstić information content (AvgIpc) is 1.82. The summed E-state index contributed by atoms with van der Waals surface area (Å²) < 4.78 is 0. The smallest absolute Gasteiger partial charge is 0.211 e. The predicted molar refractivity (Wildman–Crippen MR) is 32.2 cm³/mol. The first kappa shape index (κ1) is 7.68. The van der Waals surface area contributed by atoms with Crippen LogP contribution in [0.2, 0.25) is 0 Å². The fraction of sp³-hybridized carbons (Fsp3) is 0.200. The summed E-state index contributed by atoms with van der Waals surface area (Å²) in [7, 11) is 0. The molecule has 0 radical (unpaired) electrons. The van der Waals surface area contributed by atoms with Gasteiger partial charge in [0.1, 0.15) is 0 Å². The maximum absolute atomic E-state index is 9.98. The first-order chi connectivity index (χ1) is 4.22. The molecule has 0 fully saturated rings. The quantitative estimate of drug-likeness (QED) is 0.383. The van der Waals surface area contributed by atoms with Gasteiger partial charge >= 0.3 is 0 Å². The van der Waals surface area contributed by atoms with Crippen molar-refractivity contribution in [3.63, 3.8) is 0 Å². The van der Waals surface area contributed by atoms with Gasteiger partial charge in [-0.25, -0.2) is 0 Å². The van der Waals surface area contributed by atoms with Crippen molar-refractivity contribution < 1.29 is 9.59 Å². The van der Waals surface area contributed by atoms with Crippen LogP contribution < -0.4 is 11.1 Å². The van der Waals surface area contributed by atoms with Crippen molar-refractivity contribution in [1.82, 2.24) is 5.32 Å². The van der Waals surface area contributed by atoms with Gasteiger partial charge < -0.3 is 11.1 Å². The number of carbonyl (C=O) groups is 2. The van der Waals surface area contributed by atoms with Crippen molar-refractivity contribution >= 4 is 12.7 Å². The van der Waals surface area contributed by atoms with Gasteiger partial charge in [-0.1, -0.05) is 0 Å². The number of hydrogen-bond donors (Lipinski definition) is 2. The first-order valence-corrected chi connectivity index (χ1v) is 2.34. The van der Waals surface area contributed by atoms with Crippen molar-refractivity contribution in [3.8, 4) is 0 Å². The van der Waals surface area contributed by atoms with Crippen LogP contribution in [0.4, 0.5) is 0 Å². The number of aldehydes is 1. The minimum absolute atomic E-state index is 0.116. The molecule has 50 valence electrons. The number of rotatable bonds is 3. The molecule has 0 saturated carbocycles. The van der Waals surface area contributed by atoms with Gasteiger partial charge in [0.05, 0.1) is 5.70 Å². The molecule has 0 heterocycles. The molecule has 9 heavy (non-hydrogen) atoms. The third-order valence-corrected chi connectivity index (χ3v) is 0.757. The van der Waals surface area contributed by atoms with Gasteiger partial charge in [0.15, 0.2) is 6.29 Å². The number of amides is 1. The van der Waals surface area contributed by atoms with E-state index in [0.29, 0.717) is 18.4 Å². The lowest BCUT2D eigenvalue weighted by Gasteiger charge is -1.96. The molecule has 4 heteroatoms. The average molecular weight is 128 g/mol. The lowest BCUT2D eigenvalue weighted by atomic mass is 10.4. The molecule has 0 aliphatic rings. The van der Waals surface area contributed by atoms with Crippen LogP contribution in [0, 0.1) is 0 Å². The van der Waals surface area contributed by atoms with Crippen LogP contribution in [0.25, 0.3) is 0 Å². The van der Waals surface area contributed by atoms with Gasteiger partial charge in [0.2, 0.25) is 6.41 Å². The highest BCUT2D eigenvalue weighted by atomic mass is 16.1. The minimum atomic E-state index is 0.116. The molecule has 0 unspecified atom stereocenters. The summed E-state index contributed by atoms with van der Waals surface area (Å²) >= 11 is 0. The van der Waals surface area contributed by atoms with Gasteiger partial charge in [-0.05, 0) is 6.92 Å². The van der Waals surface area contributed by atoms with E-state index in [1.54, 1.807) is 0 Å². The Balaban J connectivity index is 4.14. The van der Waals surface area contributed by atoms with Crippen molar-refractivity contribution in [2.75, 3.05) is 0 Å². The Hall–Kier alpha value is -1.32. The van der Waals surface area contributed by atoms with Crippen molar-refractivity contribution in [3.05, 3.63) is 11.4 Å². The van der Waals surface area contributed by atoms with Gasteiger partial charge in [0.25, 0.3) is 0 Å². The third-order valence-electron chi connectivity index (χ3n) is 0.757. The minimum Gasteiger partial charge on any atom is -0.400 e. The maximum atomic E-state index is 9.98. The maximum Gasteiger partial charge on any atom is 0.211 e. The zero-order chi connectivity index (χ0) is 7.28. The number of nitrogens with two attached hydrogens (primary N) is 1. The summed E-state index contributed by atoms with van der Waals surface area (Å²) in [6, 6.07) is 0. The zero-order valence-electron chi connectivity index (χ0n) is 5.05. The Morgan fingerprint density at radius 3 is 2.22 bits per heavy atom. The highest BCUT2D eigenvalue weighted by Gasteiger charge is 1.92. The lowest BCUT2D eigenvalue weighted by molar-refractivity contribution is -0.111. The van der Waals surface area contributed by atoms with Crippen LogP contribution in [0.5, 0.6) is 0 Å². The molecule has 3 N–H and O–H groups in total. The topological polar surface area (TPSA) is 72.2 Å². The fourth-order valence-electron chi connectivity index (χ4n) is 0.304. The number of carbonyl (C=O) groups excluding carboxylic acids is 2. The van der Waals surface area contributed by atoms with Crippen LogP contribution in [0.1, 0.15) is 6.92 Å². The van der Waals surface area contributed by atoms with Crippen LogP contribution >= 0.6 is 0 Å². The van der Waals surface area contributed by atoms with Crippen LogP contribution in [-0.4, -0.2) is 12.7 Å². The second-order valence-electron chi connectivity index (χ2n) is 1.48. The van der Waals surface area contributed by atoms with Crippen LogP contribution in [0.15, 0.2) is 11.4 Å². The van der Waals surface area contributed by atoms with Crippen LogP contribution in [0.3, 0.4) is 0 Å². The molecule has 0 aromatic carbocycles. The molecule has 0 aliphatic heterocycles. The van der Waals surface area contributed by atoms with Crippen molar-refractivity contribution in [2.45, 2.75) is 6.92 Å². The summed E-state index contributed by atoms with van der Waals surface area (Å²) in [5.41, 5.74) is 5.58. The number of nitrogens with one attached hydrogen (secondary N) is 1. The normalized spacial score (nSPS) is 11.7. The van der Waals surface area contributed by atoms with Gasteiger partial charge in [-0.3, -0.25) is 9.59 Å². The molecule has 0 atom stereocenters. The molecule has 0 bridgehead atoms. The third kappa shape index (κ3) is 2.48. The monoisotopic (exact) mass is 128 g/mol. The number of hydrogen-bond acceptors (Lipinski definition) is 3. The fourth-order valence-corrected chi connectivity index (χ4v) is 0.304. The van der Waals surface area contributed by atoms with E-state index < -0.39 is 0 Å². The Morgan fingerprint density at radius 2 is 2.11 bits per heavy atom. The molecule has 0 rings (SSSR count). The van der Waals surface area contributed by atoms with Gasteiger partial charge in [-0.15, -0.1) is 0 Å². The van der Waals surface area contributed by atoms with E-state index >= 15 is 0 Å². The summed E-state index contributed by atoms with van der Waals surface area (Å²) in [5, 5.41) is 2.14.